The molecule has 0 spiro atoms. The predicted molar refractivity (Wildman–Crippen MR) is 79.2 cm³/mol. The summed E-state index contributed by atoms with van der Waals surface area (Å²) in [4.78, 5) is 4.59. The molecule has 0 amide bonds. The van der Waals surface area contributed by atoms with Gasteiger partial charge in [-0.25, -0.2) is 4.98 Å². The molecule has 100 valence electrons. The molecule has 1 heterocycles. The highest BCUT2D eigenvalue weighted by Gasteiger charge is 2.15. The number of hydrogen-bond acceptors (Lipinski definition) is 3. The van der Waals surface area contributed by atoms with E-state index in [1.165, 1.54) is 43.5 Å². The summed E-state index contributed by atoms with van der Waals surface area (Å²) in [5, 5.41) is 6.88. The SMILES string of the molecule is CNC(Cc1nc(C)cs1)C1=CCCCCCC1. The fourth-order valence-corrected chi connectivity index (χ4v) is 3.44. The maximum absolute atomic E-state index is 4.59. The van der Waals surface area contributed by atoms with Crippen LogP contribution in [0, 0.1) is 6.92 Å². The average Bonchev–Trinajstić information content (AvgIpc) is 2.72. The summed E-state index contributed by atoms with van der Waals surface area (Å²) in [6.07, 6.45) is 11.5. The standard InChI is InChI=1S/C15H24N2S/c1-12-11-18-15(17-12)10-14(16-2)13-8-6-4-3-5-7-9-13/h8,11,14,16H,3-7,9-10H2,1-2H3. The van der Waals surface area contributed by atoms with Gasteiger partial charge >= 0.3 is 0 Å². The van der Waals surface area contributed by atoms with E-state index in [1.54, 1.807) is 16.9 Å². The molecule has 0 radical (unpaired) electrons. The zero-order valence-corrected chi connectivity index (χ0v) is 12.4. The highest BCUT2D eigenvalue weighted by Crippen LogP contribution is 2.22. The van der Waals surface area contributed by atoms with Gasteiger partial charge in [0.15, 0.2) is 0 Å². The van der Waals surface area contributed by atoms with Crippen molar-refractivity contribution in [3.8, 4) is 0 Å². The van der Waals surface area contributed by atoms with Gasteiger partial charge in [0, 0.05) is 23.5 Å². The summed E-state index contributed by atoms with van der Waals surface area (Å²) in [5.41, 5.74) is 2.75. The summed E-state index contributed by atoms with van der Waals surface area (Å²) in [6.45, 7) is 2.07. The van der Waals surface area contributed by atoms with Crippen molar-refractivity contribution in [2.45, 2.75) is 57.9 Å². The minimum absolute atomic E-state index is 0.480. The predicted octanol–water partition coefficient (Wildman–Crippen LogP) is 3.86. The molecule has 1 aliphatic rings. The largest absolute Gasteiger partial charge is 0.313 e. The first-order valence-electron chi connectivity index (χ1n) is 7.07. The van der Waals surface area contributed by atoms with E-state index in [2.05, 4.69) is 35.7 Å². The minimum atomic E-state index is 0.480. The van der Waals surface area contributed by atoms with Crippen molar-refractivity contribution in [3.63, 3.8) is 0 Å². The van der Waals surface area contributed by atoms with E-state index < -0.39 is 0 Å². The molecule has 3 heteroatoms. The maximum Gasteiger partial charge on any atom is 0.0946 e. The Hall–Kier alpha value is -0.670. The average molecular weight is 264 g/mol. The fraction of sp³-hybridized carbons (Fsp3) is 0.667. The van der Waals surface area contributed by atoms with Crippen LogP contribution in [0.5, 0.6) is 0 Å². The van der Waals surface area contributed by atoms with Gasteiger partial charge in [-0.3, -0.25) is 0 Å². The number of nitrogens with one attached hydrogen (secondary N) is 1. The van der Waals surface area contributed by atoms with Crippen LogP contribution in [-0.4, -0.2) is 18.1 Å². The molecule has 1 unspecified atom stereocenters. The Bertz CT molecular complexity index is 395. The second kappa shape index (κ2) is 7.05. The first-order valence-corrected chi connectivity index (χ1v) is 7.94. The van der Waals surface area contributed by atoms with E-state index in [9.17, 15) is 0 Å². The van der Waals surface area contributed by atoms with Gasteiger partial charge in [0.05, 0.1) is 5.01 Å². The third-order valence-electron chi connectivity index (χ3n) is 3.67. The smallest absolute Gasteiger partial charge is 0.0946 e. The second-order valence-corrected chi connectivity index (χ2v) is 6.10. The number of nitrogens with zero attached hydrogens (tertiary/aromatic N) is 1. The normalized spacial score (nSPS) is 18.9. The van der Waals surface area contributed by atoms with Crippen molar-refractivity contribution in [2.75, 3.05) is 7.05 Å². The molecular formula is C15H24N2S. The van der Waals surface area contributed by atoms with E-state index in [4.69, 9.17) is 0 Å². The van der Waals surface area contributed by atoms with E-state index in [0.717, 1.165) is 12.1 Å². The van der Waals surface area contributed by atoms with Crippen LogP contribution in [0.2, 0.25) is 0 Å². The zero-order valence-electron chi connectivity index (χ0n) is 11.5. The Morgan fingerprint density at radius 1 is 1.33 bits per heavy atom. The Balaban J connectivity index is 2.02. The molecule has 1 N–H and O–H groups in total. The van der Waals surface area contributed by atoms with Crippen LogP contribution in [-0.2, 0) is 6.42 Å². The molecular weight excluding hydrogens is 240 g/mol. The molecule has 2 nitrogen and oxygen atoms in total. The van der Waals surface area contributed by atoms with Crippen molar-refractivity contribution < 1.29 is 0 Å². The number of rotatable bonds is 4. The molecule has 0 aliphatic heterocycles. The summed E-state index contributed by atoms with van der Waals surface area (Å²) in [6, 6.07) is 0.480. The van der Waals surface area contributed by atoms with E-state index >= 15 is 0 Å². The molecule has 0 bridgehead atoms. The van der Waals surface area contributed by atoms with Crippen molar-refractivity contribution in [2.24, 2.45) is 0 Å². The van der Waals surface area contributed by atoms with E-state index in [0.29, 0.717) is 6.04 Å². The molecule has 1 atom stereocenters. The molecule has 1 aromatic heterocycles. The first-order chi connectivity index (χ1) is 8.79. The van der Waals surface area contributed by atoms with E-state index in [-0.39, 0.29) is 0 Å². The van der Waals surface area contributed by atoms with Crippen molar-refractivity contribution >= 4 is 11.3 Å². The number of allylic oxidation sites excluding steroid dienone is 1. The maximum atomic E-state index is 4.59. The van der Waals surface area contributed by atoms with Crippen LogP contribution >= 0.6 is 11.3 Å². The van der Waals surface area contributed by atoms with Crippen LogP contribution in [0.4, 0.5) is 0 Å². The summed E-state index contributed by atoms with van der Waals surface area (Å²) < 4.78 is 0. The lowest BCUT2D eigenvalue weighted by atomic mass is 9.93. The fourth-order valence-electron chi connectivity index (χ4n) is 2.62. The number of thiazole rings is 1. The third-order valence-corrected chi connectivity index (χ3v) is 4.66. The van der Waals surface area contributed by atoms with Gasteiger partial charge in [-0.1, -0.05) is 24.5 Å². The van der Waals surface area contributed by atoms with Gasteiger partial charge in [0.2, 0.25) is 0 Å². The van der Waals surface area contributed by atoms with Crippen LogP contribution in [0.1, 0.15) is 49.2 Å². The Morgan fingerprint density at radius 3 is 2.89 bits per heavy atom. The third kappa shape index (κ3) is 3.92. The van der Waals surface area contributed by atoms with Gasteiger partial charge in [0.1, 0.15) is 0 Å². The van der Waals surface area contributed by atoms with Crippen LogP contribution in [0.25, 0.3) is 0 Å². The molecule has 1 aromatic rings. The van der Waals surface area contributed by atoms with E-state index in [1.807, 2.05) is 0 Å². The van der Waals surface area contributed by atoms with Crippen molar-refractivity contribution in [1.29, 1.82) is 0 Å². The van der Waals surface area contributed by atoms with Gasteiger partial charge in [-0.15, -0.1) is 11.3 Å². The number of hydrogen-bond donors (Lipinski definition) is 1. The monoisotopic (exact) mass is 264 g/mol. The lowest BCUT2D eigenvalue weighted by Crippen LogP contribution is -2.30. The lowest BCUT2D eigenvalue weighted by Gasteiger charge is -2.21. The molecule has 0 aromatic carbocycles. The summed E-state index contributed by atoms with van der Waals surface area (Å²) in [7, 11) is 2.07. The molecule has 18 heavy (non-hydrogen) atoms. The Labute approximate surface area is 115 Å². The molecule has 2 rings (SSSR count). The topological polar surface area (TPSA) is 24.9 Å². The van der Waals surface area contributed by atoms with Crippen molar-refractivity contribution in [1.82, 2.24) is 10.3 Å². The van der Waals surface area contributed by atoms with Crippen LogP contribution in [0.15, 0.2) is 17.0 Å². The van der Waals surface area contributed by atoms with Gasteiger partial charge in [-0.05, 0) is 39.7 Å². The minimum Gasteiger partial charge on any atom is -0.313 e. The first kappa shape index (κ1) is 13.8. The Morgan fingerprint density at radius 2 is 2.17 bits per heavy atom. The number of aryl methyl sites for hydroxylation is 1. The second-order valence-electron chi connectivity index (χ2n) is 5.16. The van der Waals surface area contributed by atoms with Gasteiger partial charge in [-0.2, -0.15) is 0 Å². The summed E-state index contributed by atoms with van der Waals surface area (Å²) >= 11 is 1.79. The molecule has 0 fully saturated rings. The zero-order chi connectivity index (χ0) is 12.8. The van der Waals surface area contributed by atoms with Gasteiger partial charge < -0.3 is 5.32 Å². The molecule has 0 saturated carbocycles. The quantitative estimate of drug-likeness (QED) is 0.835. The number of likely N-dealkylation sites (N-methyl/N-ethyl adjacent to an activating group) is 1. The lowest BCUT2D eigenvalue weighted by molar-refractivity contribution is 0.557. The molecule has 1 aliphatic carbocycles. The van der Waals surface area contributed by atoms with Crippen molar-refractivity contribution in [3.05, 3.63) is 27.7 Å². The number of aromatic nitrogens is 1. The molecule has 0 saturated heterocycles. The Kier molecular flexibility index (Phi) is 5.39. The van der Waals surface area contributed by atoms with Gasteiger partial charge in [0.25, 0.3) is 0 Å². The highest BCUT2D eigenvalue weighted by atomic mass is 32.1. The van der Waals surface area contributed by atoms with Crippen LogP contribution < -0.4 is 5.32 Å². The van der Waals surface area contributed by atoms with Crippen LogP contribution in [0.3, 0.4) is 0 Å². The highest BCUT2D eigenvalue weighted by molar-refractivity contribution is 7.09. The summed E-state index contributed by atoms with van der Waals surface area (Å²) in [5.74, 6) is 0.